The van der Waals surface area contributed by atoms with Crippen molar-refractivity contribution >= 4 is 38.6 Å². The summed E-state index contributed by atoms with van der Waals surface area (Å²) in [5.74, 6) is -1.71. The Balaban J connectivity index is 1.67. The van der Waals surface area contributed by atoms with Crippen molar-refractivity contribution in [2.24, 2.45) is 7.05 Å². The molecule has 27 heavy (non-hydrogen) atoms. The molecule has 3 rings (SSSR count). The zero-order valence-electron chi connectivity index (χ0n) is 14.6. The Morgan fingerprint density at radius 3 is 2.48 bits per heavy atom. The van der Waals surface area contributed by atoms with Crippen LogP contribution in [0.1, 0.15) is 17.4 Å². The highest BCUT2D eigenvalue weighted by atomic mass is 79.9. The number of para-hydroxylation sites is 2. The molecular formula is C19H17BrFN3O3. The van der Waals surface area contributed by atoms with Crippen LogP contribution in [0, 0.1) is 5.82 Å². The quantitative estimate of drug-likeness (QED) is 0.619. The molecule has 2 N–H and O–H groups in total. The Hall–Kier alpha value is -2.87. The molecule has 2 aromatic carbocycles. The number of benzene rings is 2. The van der Waals surface area contributed by atoms with Crippen molar-refractivity contribution in [3.63, 3.8) is 0 Å². The van der Waals surface area contributed by atoms with E-state index in [1.807, 2.05) is 24.3 Å². The van der Waals surface area contributed by atoms with Gasteiger partial charge in [-0.15, -0.1) is 0 Å². The Labute approximate surface area is 163 Å². The predicted molar refractivity (Wildman–Crippen MR) is 103 cm³/mol. The monoisotopic (exact) mass is 433 g/mol. The number of hydrogen-bond acceptors (Lipinski definition) is 3. The van der Waals surface area contributed by atoms with E-state index in [4.69, 9.17) is 4.74 Å². The van der Waals surface area contributed by atoms with E-state index in [1.54, 1.807) is 17.7 Å². The zero-order valence-corrected chi connectivity index (χ0v) is 16.2. The molecule has 0 radical (unpaired) electrons. The van der Waals surface area contributed by atoms with Crippen LogP contribution in [0.5, 0.6) is 5.75 Å². The summed E-state index contributed by atoms with van der Waals surface area (Å²) in [6.07, 6.45) is -1.00. The van der Waals surface area contributed by atoms with Gasteiger partial charge in [-0.3, -0.25) is 20.4 Å². The standard InChI is InChI=1S/C19H17BrFN3O3/c1-11(27-15-10-6-4-8-13(15)21)18(25)22-23-19(26)17-16(20)12-7-3-5-9-14(12)24(17)2/h3-11H,1-2H3,(H,22,25)(H,23,26). The Bertz CT molecular complexity index is 980. The normalized spacial score (nSPS) is 11.9. The third-order valence-electron chi connectivity index (χ3n) is 4.07. The third-order valence-corrected chi connectivity index (χ3v) is 4.87. The van der Waals surface area contributed by atoms with Crippen LogP contribution in [-0.4, -0.2) is 22.5 Å². The number of carbonyl (C=O) groups excluding carboxylic acids is 2. The Morgan fingerprint density at radius 2 is 1.78 bits per heavy atom. The van der Waals surface area contributed by atoms with E-state index in [2.05, 4.69) is 26.8 Å². The largest absolute Gasteiger partial charge is 0.478 e. The number of ether oxygens (including phenoxy) is 1. The summed E-state index contributed by atoms with van der Waals surface area (Å²) in [7, 11) is 1.76. The second-order valence-electron chi connectivity index (χ2n) is 5.87. The van der Waals surface area contributed by atoms with E-state index in [1.165, 1.54) is 25.1 Å². The summed E-state index contributed by atoms with van der Waals surface area (Å²) in [4.78, 5) is 24.7. The first kappa shape index (κ1) is 18.9. The molecule has 0 spiro atoms. The minimum absolute atomic E-state index is 0.0390. The number of hydrogen-bond donors (Lipinski definition) is 2. The molecule has 140 valence electrons. The van der Waals surface area contributed by atoms with Crippen LogP contribution >= 0.6 is 15.9 Å². The van der Waals surface area contributed by atoms with E-state index in [-0.39, 0.29) is 5.75 Å². The first-order valence-electron chi connectivity index (χ1n) is 8.14. The zero-order chi connectivity index (χ0) is 19.6. The van der Waals surface area contributed by atoms with Gasteiger partial charge in [0.15, 0.2) is 17.7 Å². The van der Waals surface area contributed by atoms with Crippen molar-refractivity contribution in [3.8, 4) is 5.75 Å². The lowest BCUT2D eigenvalue weighted by Crippen LogP contribution is -2.47. The molecule has 1 atom stereocenters. The van der Waals surface area contributed by atoms with Gasteiger partial charge in [-0.1, -0.05) is 30.3 Å². The van der Waals surface area contributed by atoms with Crippen molar-refractivity contribution in [1.29, 1.82) is 0 Å². The average molecular weight is 434 g/mol. The van der Waals surface area contributed by atoms with Crippen LogP contribution in [0.3, 0.4) is 0 Å². The van der Waals surface area contributed by atoms with E-state index >= 15 is 0 Å². The summed E-state index contributed by atoms with van der Waals surface area (Å²) in [6.45, 7) is 1.46. The molecule has 2 amide bonds. The molecule has 0 fully saturated rings. The fourth-order valence-corrected chi connectivity index (χ4v) is 3.44. The smallest absolute Gasteiger partial charge is 0.287 e. The third kappa shape index (κ3) is 3.80. The number of nitrogens with one attached hydrogen (secondary N) is 2. The number of aromatic nitrogens is 1. The van der Waals surface area contributed by atoms with Crippen molar-refractivity contribution in [2.75, 3.05) is 0 Å². The number of fused-ring (bicyclic) bond motifs is 1. The molecule has 1 unspecified atom stereocenters. The van der Waals surface area contributed by atoms with Crippen LogP contribution < -0.4 is 15.6 Å². The molecule has 0 saturated carbocycles. The Kier molecular flexibility index (Phi) is 5.46. The fourth-order valence-electron chi connectivity index (χ4n) is 2.66. The molecule has 1 heterocycles. The van der Waals surface area contributed by atoms with E-state index in [9.17, 15) is 14.0 Å². The number of nitrogens with zero attached hydrogens (tertiary/aromatic N) is 1. The van der Waals surface area contributed by atoms with Crippen molar-refractivity contribution in [2.45, 2.75) is 13.0 Å². The molecule has 0 aliphatic heterocycles. The second kappa shape index (κ2) is 7.79. The number of halogens is 2. The van der Waals surface area contributed by atoms with Crippen LogP contribution in [0.4, 0.5) is 4.39 Å². The number of amides is 2. The molecular weight excluding hydrogens is 417 g/mol. The lowest BCUT2D eigenvalue weighted by atomic mass is 10.2. The molecule has 0 aliphatic rings. The highest BCUT2D eigenvalue weighted by molar-refractivity contribution is 9.10. The number of hydrazine groups is 1. The van der Waals surface area contributed by atoms with Crippen molar-refractivity contribution < 1.29 is 18.7 Å². The lowest BCUT2D eigenvalue weighted by Gasteiger charge is -2.15. The van der Waals surface area contributed by atoms with Gasteiger partial charge in [-0.25, -0.2) is 4.39 Å². The van der Waals surface area contributed by atoms with Gasteiger partial charge in [0.1, 0.15) is 5.69 Å². The summed E-state index contributed by atoms with van der Waals surface area (Å²) in [5, 5.41) is 0.882. The maximum Gasteiger partial charge on any atom is 0.287 e. The topological polar surface area (TPSA) is 72.4 Å². The van der Waals surface area contributed by atoms with Gasteiger partial charge in [0.05, 0.1) is 4.47 Å². The maximum atomic E-state index is 13.6. The highest BCUT2D eigenvalue weighted by Gasteiger charge is 2.21. The van der Waals surface area contributed by atoms with Gasteiger partial charge in [0.25, 0.3) is 11.8 Å². The van der Waals surface area contributed by atoms with Gasteiger partial charge in [0, 0.05) is 18.0 Å². The van der Waals surface area contributed by atoms with E-state index in [0.717, 1.165) is 10.9 Å². The highest BCUT2D eigenvalue weighted by Crippen LogP contribution is 2.29. The van der Waals surface area contributed by atoms with Gasteiger partial charge in [0.2, 0.25) is 0 Å². The summed E-state index contributed by atoms with van der Waals surface area (Å²) in [5.41, 5.74) is 5.89. The Morgan fingerprint density at radius 1 is 1.11 bits per heavy atom. The number of aryl methyl sites for hydroxylation is 1. The van der Waals surface area contributed by atoms with E-state index in [0.29, 0.717) is 10.2 Å². The maximum absolute atomic E-state index is 13.6. The molecule has 3 aromatic rings. The van der Waals surface area contributed by atoms with Crippen LogP contribution in [-0.2, 0) is 11.8 Å². The first-order valence-corrected chi connectivity index (χ1v) is 8.93. The molecule has 0 aliphatic carbocycles. The van der Waals surface area contributed by atoms with Gasteiger partial charge < -0.3 is 9.30 Å². The predicted octanol–water partition coefficient (Wildman–Crippen LogP) is 3.31. The molecule has 8 heteroatoms. The minimum atomic E-state index is -1.00. The summed E-state index contributed by atoms with van der Waals surface area (Å²) in [6, 6.07) is 13.3. The molecule has 0 bridgehead atoms. The SMILES string of the molecule is CC(Oc1ccccc1F)C(=O)NNC(=O)c1c(Br)c2ccccc2n1C. The molecule has 0 saturated heterocycles. The van der Waals surface area contributed by atoms with E-state index < -0.39 is 23.7 Å². The van der Waals surface area contributed by atoms with Crippen molar-refractivity contribution in [1.82, 2.24) is 15.4 Å². The molecule has 6 nitrogen and oxygen atoms in total. The number of rotatable bonds is 4. The fraction of sp³-hybridized carbons (Fsp3) is 0.158. The van der Waals surface area contributed by atoms with Crippen LogP contribution in [0.2, 0.25) is 0 Å². The molecule has 1 aromatic heterocycles. The average Bonchev–Trinajstić information content (AvgIpc) is 2.92. The summed E-state index contributed by atoms with van der Waals surface area (Å²) >= 11 is 3.43. The van der Waals surface area contributed by atoms with Gasteiger partial charge in [-0.2, -0.15) is 0 Å². The van der Waals surface area contributed by atoms with Gasteiger partial charge >= 0.3 is 0 Å². The van der Waals surface area contributed by atoms with Crippen molar-refractivity contribution in [3.05, 3.63) is 64.5 Å². The van der Waals surface area contributed by atoms with Crippen LogP contribution in [0.15, 0.2) is 53.0 Å². The van der Waals surface area contributed by atoms with Gasteiger partial charge in [-0.05, 0) is 41.1 Å². The first-order chi connectivity index (χ1) is 12.9. The minimum Gasteiger partial charge on any atom is -0.478 e. The second-order valence-corrected chi connectivity index (χ2v) is 6.67. The summed E-state index contributed by atoms with van der Waals surface area (Å²) < 4.78 is 21.2. The number of carbonyl (C=O) groups is 2. The lowest BCUT2D eigenvalue weighted by molar-refractivity contribution is -0.128. The van der Waals surface area contributed by atoms with Crippen LogP contribution in [0.25, 0.3) is 10.9 Å².